The monoisotopic (exact) mass is 1820 g/mol. The number of imidazole rings is 3. The molecule has 4 saturated heterocycles. The highest BCUT2D eigenvalue weighted by molar-refractivity contribution is 6.08. The van der Waals surface area contributed by atoms with Crippen LogP contribution in [-0.4, -0.2) is 166 Å². The molecule has 12 aromatic rings. The number of likely N-dealkylation sites (tertiary alicyclic amines) is 4. The number of carboxylic acid groups (broad SMARTS) is 1. The summed E-state index contributed by atoms with van der Waals surface area (Å²) in [5.74, 6) is -1.86. The number of rotatable bonds is 19. The largest absolute Gasteiger partial charge is 0.480 e. The highest BCUT2D eigenvalue weighted by Crippen LogP contribution is 2.43. The predicted octanol–water partition coefficient (Wildman–Crippen LogP) is 13.4. The number of hydrogen-bond acceptors (Lipinski definition) is 21. The van der Waals surface area contributed by atoms with E-state index in [1.807, 2.05) is 159 Å². The zero-order valence-electron chi connectivity index (χ0n) is 75.2. The number of nitrogens with one attached hydrogen (secondary N) is 4. The Kier molecular flexibility index (Phi) is 31.9. The summed E-state index contributed by atoms with van der Waals surface area (Å²) in [5, 5.41) is 12.0. The fourth-order valence-corrected chi connectivity index (χ4v) is 17.0. The third-order valence-corrected chi connectivity index (χ3v) is 24.9. The SMILES string of the molecule is CC1(C(=O)Nc2cccc(C(N)=O)c2N)CCCN1C(=O)OCc1ccccc1.CC1(C(=O)O)CCCN1C(=O)OCc1ccccc1.CC1(c2nc3c(C(N)=O)cccc3[nH]2)CCCC1.CC1(c2nc3c(C(N)=O)cccc3[nH]2)CCCN1C(=O)OCc1ccccc1.C[C@]1(c2nc3c(C(N)=O)cccc3[nH]2)CCCN1C(=O)OCc1ccccc1.NC(=O)c1cccc(N)c1N.[B]. The first-order valence-electron chi connectivity index (χ1n) is 43.5. The van der Waals surface area contributed by atoms with Crippen LogP contribution in [0, 0.1) is 0 Å². The topological polar surface area (TPSA) is 564 Å². The third kappa shape index (κ3) is 22.6. The van der Waals surface area contributed by atoms with Crippen molar-refractivity contribution in [2.75, 3.05) is 48.7 Å². The van der Waals surface area contributed by atoms with Gasteiger partial charge in [-0.05, 0) is 175 Å². The molecule has 5 aliphatic rings. The van der Waals surface area contributed by atoms with Gasteiger partial charge in [0.2, 0.25) is 5.91 Å². The first-order valence-corrected chi connectivity index (χ1v) is 43.5. The van der Waals surface area contributed by atoms with Gasteiger partial charge in [0, 0.05) is 40.0 Å². The molecule has 1 aliphatic carbocycles. The minimum absolute atomic E-state index is 0. The summed E-state index contributed by atoms with van der Waals surface area (Å²) in [4.78, 5) is 161. The summed E-state index contributed by atoms with van der Waals surface area (Å²) in [6.45, 7) is 12.2. The first kappa shape index (κ1) is 98.8. The number of carbonyl (C=O) groups excluding carboxylic acids is 10. The number of aromatic nitrogens is 6. The van der Waals surface area contributed by atoms with Gasteiger partial charge in [-0.1, -0.05) is 171 Å². The van der Waals surface area contributed by atoms with Crippen LogP contribution < -0.4 is 51.2 Å². The second-order valence-corrected chi connectivity index (χ2v) is 34.1. The van der Waals surface area contributed by atoms with Crippen LogP contribution in [0.15, 0.2) is 212 Å². The number of aliphatic carboxylic acids is 1. The van der Waals surface area contributed by atoms with Crippen LogP contribution in [0.1, 0.15) is 203 Å². The molecule has 1 saturated carbocycles. The van der Waals surface area contributed by atoms with Gasteiger partial charge in [-0.2, -0.15) is 0 Å². The number of benzene rings is 9. The Balaban J connectivity index is 0.000000158. The Morgan fingerprint density at radius 2 is 0.649 bits per heavy atom. The Bertz CT molecular complexity index is 6090. The number of primary amides is 5. The normalized spacial score (nSPS) is 18.3. The molecular weight excluding hydrogens is 1710 g/mol. The van der Waals surface area contributed by atoms with Crippen molar-refractivity contribution in [1.29, 1.82) is 0 Å². The lowest BCUT2D eigenvalue weighted by Gasteiger charge is -2.33. The van der Waals surface area contributed by atoms with E-state index in [4.69, 9.17) is 64.8 Å². The van der Waals surface area contributed by atoms with E-state index in [0.717, 1.165) is 83.2 Å². The number of fused-ring (bicyclic) bond motifs is 3. The Hall–Kier alpha value is -15.8. The number of para-hydroxylation sites is 5. The van der Waals surface area contributed by atoms with Crippen LogP contribution in [0.5, 0.6) is 0 Å². The van der Waals surface area contributed by atoms with Gasteiger partial charge in [0.15, 0.2) is 0 Å². The van der Waals surface area contributed by atoms with Gasteiger partial charge >= 0.3 is 30.3 Å². The average Bonchev–Trinajstić information content (AvgIpc) is 1.57. The highest BCUT2D eigenvalue weighted by Gasteiger charge is 2.50. The lowest BCUT2D eigenvalue weighted by molar-refractivity contribution is -0.147. The van der Waals surface area contributed by atoms with Crippen LogP contribution in [0.3, 0.4) is 0 Å². The van der Waals surface area contributed by atoms with Crippen molar-refractivity contribution in [3.63, 3.8) is 0 Å². The van der Waals surface area contributed by atoms with E-state index < -0.39 is 75.8 Å². The summed E-state index contributed by atoms with van der Waals surface area (Å²) in [7, 11) is 0. The van der Waals surface area contributed by atoms with Crippen LogP contribution in [0.4, 0.5) is 41.9 Å². The van der Waals surface area contributed by atoms with E-state index in [0.29, 0.717) is 102 Å². The molecule has 3 radical (unpaired) electrons. The second-order valence-electron chi connectivity index (χ2n) is 34.1. The molecule has 35 nitrogen and oxygen atoms in total. The fourth-order valence-electron chi connectivity index (χ4n) is 17.0. The number of H-pyrrole nitrogens is 3. The number of aromatic amines is 3. The minimum atomic E-state index is -1.15. The molecule has 697 valence electrons. The molecule has 21 N–H and O–H groups in total. The number of amides is 10. The Labute approximate surface area is 775 Å². The molecule has 9 aromatic carbocycles. The second kappa shape index (κ2) is 43.3. The Morgan fingerprint density at radius 1 is 0.351 bits per heavy atom. The van der Waals surface area contributed by atoms with Crippen LogP contribution in [-0.2, 0) is 71.5 Å². The summed E-state index contributed by atoms with van der Waals surface area (Å²) in [6, 6.07) is 63.2. The number of ether oxygens (including phenoxy) is 4. The zero-order valence-corrected chi connectivity index (χ0v) is 75.2. The van der Waals surface area contributed by atoms with E-state index in [9.17, 15) is 57.8 Å². The maximum Gasteiger partial charge on any atom is 0.411 e. The highest BCUT2D eigenvalue weighted by atomic mass is 16.6. The molecule has 0 spiro atoms. The molecule has 36 heteroatoms. The van der Waals surface area contributed by atoms with Gasteiger partial charge in [0.1, 0.15) is 82.6 Å². The number of nitrogen functional groups attached to an aromatic ring is 3. The van der Waals surface area contributed by atoms with Gasteiger partial charge in [-0.25, -0.2) is 38.9 Å². The van der Waals surface area contributed by atoms with E-state index in [2.05, 4.69) is 42.1 Å². The lowest BCUT2D eigenvalue weighted by atomic mass is 9.88. The van der Waals surface area contributed by atoms with Crippen molar-refractivity contribution in [1.82, 2.24) is 49.5 Å². The van der Waals surface area contributed by atoms with Gasteiger partial charge < -0.3 is 90.2 Å². The van der Waals surface area contributed by atoms with Crippen LogP contribution in [0.2, 0.25) is 0 Å². The summed E-state index contributed by atoms with van der Waals surface area (Å²) >= 11 is 0. The van der Waals surface area contributed by atoms with E-state index in [1.54, 1.807) is 78.2 Å². The number of nitrogens with two attached hydrogens (primary N) is 8. The summed E-state index contributed by atoms with van der Waals surface area (Å²) in [6.07, 6.45) is 8.41. The summed E-state index contributed by atoms with van der Waals surface area (Å²) in [5.41, 5.74) is 50.4. The Morgan fingerprint density at radius 3 is 1.01 bits per heavy atom. The molecule has 4 aliphatic heterocycles. The van der Waals surface area contributed by atoms with Crippen molar-refractivity contribution >= 4 is 130 Å². The van der Waals surface area contributed by atoms with Crippen LogP contribution >= 0.6 is 0 Å². The van der Waals surface area contributed by atoms with Crippen molar-refractivity contribution in [2.45, 2.75) is 166 Å². The molecule has 134 heavy (non-hydrogen) atoms. The fraction of sp³-hybridized carbons (Fsp3) is 0.306. The molecule has 7 heterocycles. The van der Waals surface area contributed by atoms with Crippen LogP contribution in [0.25, 0.3) is 33.1 Å². The van der Waals surface area contributed by atoms with Crippen molar-refractivity contribution in [3.05, 3.63) is 280 Å². The smallest absolute Gasteiger partial charge is 0.411 e. The van der Waals surface area contributed by atoms with Gasteiger partial charge in [-0.3, -0.25) is 48.4 Å². The zero-order chi connectivity index (χ0) is 95.5. The molecule has 17 rings (SSSR count). The molecule has 0 bridgehead atoms. The van der Waals surface area contributed by atoms with E-state index >= 15 is 0 Å². The maximum absolute atomic E-state index is 13.0. The first-order chi connectivity index (χ1) is 63.6. The molecule has 10 amide bonds. The number of nitrogens with zero attached hydrogens (tertiary/aromatic N) is 7. The molecule has 5 fully saturated rings. The van der Waals surface area contributed by atoms with Crippen molar-refractivity contribution < 1.29 is 76.8 Å². The molecule has 4 atom stereocenters. The van der Waals surface area contributed by atoms with E-state index in [-0.39, 0.29) is 80.6 Å². The van der Waals surface area contributed by atoms with Crippen molar-refractivity contribution in [2.24, 2.45) is 28.7 Å². The van der Waals surface area contributed by atoms with Gasteiger partial charge in [0.05, 0.1) is 67.1 Å². The summed E-state index contributed by atoms with van der Waals surface area (Å²) < 4.78 is 21.7. The number of carboxylic acids is 1. The molecular formula is C98H111BN19O16. The maximum atomic E-state index is 13.0. The number of hydrogen-bond donors (Lipinski definition) is 13. The van der Waals surface area contributed by atoms with Crippen molar-refractivity contribution in [3.8, 4) is 0 Å². The average molecular weight is 1820 g/mol. The minimum Gasteiger partial charge on any atom is -0.480 e. The van der Waals surface area contributed by atoms with Gasteiger partial charge in [0.25, 0.3) is 29.5 Å². The third-order valence-electron chi connectivity index (χ3n) is 24.9. The molecule has 3 unspecified atom stereocenters. The number of carbonyl (C=O) groups is 11. The van der Waals surface area contributed by atoms with Gasteiger partial charge in [-0.15, -0.1) is 0 Å². The standard InChI is InChI=1S/C21H24N4O4.2C21H22N4O3.C14H17N3O.C14H17NO4.C7H9N3O.B/c1-21(19(27)24-16-10-5-9-15(17(16)22)18(23)26)11-6-12-25(21)20(28)29-13-14-7-3-2-4-8-14;2*1-21(19-23-16-10-5-9-15(18(22)26)17(16)24-19)11-6-12-25(21)20(27)28-13-14-7-3-2-4-8-14;1-14(7-2-3-8-14)13-16-10-6-4-5-9(12(15)18)11(10)17-13;1-14(12(16)17)8-5-9-15(14)13(18)19-10-11-6-3-2-4-7-11;8-5-3-1-2-4(6(5)9)7(10)11;/h2-5,7-10H,6,11-13,22H2,1H3,(H2,23,26)(H,24,27);2*2-5,7-10H,6,11-13H2,1H3,(H2,22,26)(H,23,24);4-6H,2-3,7-8H2,1H3,(H2,15,18)(H,16,17);2-4,6-7H,5,8-10H2,1H3,(H,16,17);1-3H,8-9H2,(H2,10,11);/t;21-;;;;;/m.1...../s1. The van der Waals surface area contributed by atoms with E-state index in [1.165, 1.54) is 34.8 Å². The predicted molar refractivity (Wildman–Crippen MR) is 507 cm³/mol. The quantitative estimate of drug-likeness (QED) is 0.0203. The lowest BCUT2D eigenvalue weighted by Crippen LogP contribution is -2.53. The molecule has 3 aromatic heterocycles. The number of anilines is 4.